The topological polar surface area (TPSA) is 133 Å². The monoisotopic (exact) mass is 378 g/mol. The van der Waals surface area contributed by atoms with Gasteiger partial charge in [0.25, 0.3) is 10.1 Å². The molecule has 0 aliphatic carbocycles. The molecule has 0 saturated carbocycles. The van der Waals surface area contributed by atoms with E-state index in [4.69, 9.17) is 18.8 Å². The van der Waals surface area contributed by atoms with Crippen molar-refractivity contribution in [3.05, 3.63) is 24.3 Å². The van der Waals surface area contributed by atoms with Crippen molar-refractivity contribution in [2.75, 3.05) is 25.6 Å². The van der Waals surface area contributed by atoms with Gasteiger partial charge in [-0.3, -0.25) is 9.35 Å². The second kappa shape index (κ2) is 9.33. The molecular weight excluding hydrogens is 356 g/mol. The first kappa shape index (κ1) is 22.8. The van der Waals surface area contributed by atoms with Crippen LogP contribution in [0.1, 0.15) is 20.8 Å². The first-order chi connectivity index (χ1) is 11.3. The quantitative estimate of drug-likeness (QED) is 0.252. The number of hydrogen-bond acceptors (Lipinski definition) is 8. The molecule has 0 saturated heterocycles. The Labute approximate surface area is 146 Å². The van der Waals surface area contributed by atoms with Gasteiger partial charge in [-0.2, -0.15) is 8.42 Å². The number of carbonyl (C=O) groups is 3. The Balaban J connectivity index is 5.04. The highest BCUT2D eigenvalue weighted by atomic mass is 32.2. The maximum absolute atomic E-state index is 12.2. The molecule has 0 aliphatic rings. The van der Waals surface area contributed by atoms with Crippen LogP contribution in [0.15, 0.2) is 24.3 Å². The summed E-state index contributed by atoms with van der Waals surface area (Å²) in [4.78, 5) is 35.2. The Kier molecular flexibility index (Phi) is 8.51. The number of esters is 3. The summed E-state index contributed by atoms with van der Waals surface area (Å²) >= 11 is 0. The van der Waals surface area contributed by atoms with Crippen LogP contribution < -0.4 is 0 Å². The molecule has 0 heterocycles. The summed E-state index contributed by atoms with van der Waals surface area (Å²) in [5.41, 5.74) is -1.39. The van der Waals surface area contributed by atoms with E-state index < -0.39 is 59.0 Å². The van der Waals surface area contributed by atoms with Gasteiger partial charge in [0.2, 0.25) is 0 Å². The minimum Gasteiger partial charge on any atom is -0.464 e. The van der Waals surface area contributed by atoms with Gasteiger partial charge in [0.05, 0.1) is 0 Å². The molecule has 0 aromatic carbocycles. The zero-order valence-electron chi connectivity index (χ0n) is 14.4. The van der Waals surface area contributed by atoms with Gasteiger partial charge in [0.15, 0.2) is 0 Å². The van der Waals surface area contributed by atoms with Crippen LogP contribution >= 0.6 is 0 Å². The van der Waals surface area contributed by atoms with Crippen LogP contribution in [0.2, 0.25) is 0 Å². The van der Waals surface area contributed by atoms with Crippen molar-refractivity contribution in [1.82, 2.24) is 0 Å². The molecule has 10 heteroatoms. The third-order valence-electron chi connectivity index (χ3n) is 2.81. The summed E-state index contributed by atoms with van der Waals surface area (Å²) in [6.07, 6.45) is 0. The molecule has 25 heavy (non-hydrogen) atoms. The molecule has 0 aromatic heterocycles. The van der Waals surface area contributed by atoms with Gasteiger partial charge in [-0.05, 0) is 20.8 Å². The Morgan fingerprint density at radius 3 is 1.68 bits per heavy atom. The average molecular weight is 378 g/mol. The van der Waals surface area contributed by atoms with Crippen LogP contribution in [0.25, 0.3) is 0 Å². The SMILES string of the molecule is C=C(C)C(=O)OCC(C)(COC(=O)C(=C)C)C(=O)OCCS(=O)(=O)O. The minimum atomic E-state index is -4.31. The molecule has 0 amide bonds. The standard InChI is InChI=1S/C15H22O9S/c1-10(2)12(16)23-8-15(5,9-24-13(17)11(3)4)14(18)22-6-7-25(19,20)21/h1,3,6-9H2,2,4-5H3,(H,19,20,21). The second-order valence-electron chi connectivity index (χ2n) is 5.70. The lowest BCUT2D eigenvalue weighted by Gasteiger charge is -2.26. The predicted octanol–water partition coefficient (Wildman–Crippen LogP) is 0.662. The smallest absolute Gasteiger partial charge is 0.333 e. The summed E-state index contributed by atoms with van der Waals surface area (Å²) in [6.45, 7) is 9.31. The summed E-state index contributed by atoms with van der Waals surface area (Å²) in [6, 6.07) is 0. The molecule has 0 radical (unpaired) electrons. The van der Waals surface area contributed by atoms with Crippen molar-refractivity contribution in [3.63, 3.8) is 0 Å². The van der Waals surface area contributed by atoms with Crippen LogP contribution in [0.4, 0.5) is 0 Å². The Morgan fingerprint density at radius 2 is 1.36 bits per heavy atom. The fourth-order valence-corrected chi connectivity index (χ4v) is 1.56. The summed E-state index contributed by atoms with van der Waals surface area (Å²) < 4.78 is 44.5. The van der Waals surface area contributed by atoms with Gasteiger partial charge in [-0.15, -0.1) is 0 Å². The number of rotatable bonds is 10. The molecule has 0 fully saturated rings. The highest BCUT2D eigenvalue weighted by Crippen LogP contribution is 2.21. The molecule has 142 valence electrons. The molecule has 0 aromatic rings. The van der Waals surface area contributed by atoms with E-state index in [2.05, 4.69) is 13.2 Å². The first-order valence-corrected chi connectivity index (χ1v) is 8.67. The molecule has 0 spiro atoms. The summed E-state index contributed by atoms with van der Waals surface area (Å²) in [5, 5.41) is 0. The van der Waals surface area contributed by atoms with Crippen molar-refractivity contribution in [3.8, 4) is 0 Å². The molecule has 0 bridgehead atoms. The maximum Gasteiger partial charge on any atom is 0.333 e. The zero-order valence-corrected chi connectivity index (χ0v) is 15.2. The van der Waals surface area contributed by atoms with E-state index in [1.54, 1.807) is 0 Å². The van der Waals surface area contributed by atoms with E-state index in [-0.39, 0.29) is 11.1 Å². The fourth-order valence-electron chi connectivity index (χ4n) is 1.27. The van der Waals surface area contributed by atoms with Crippen LogP contribution in [0.5, 0.6) is 0 Å². The molecule has 0 unspecified atom stereocenters. The van der Waals surface area contributed by atoms with E-state index in [1.807, 2.05) is 0 Å². The van der Waals surface area contributed by atoms with Crippen molar-refractivity contribution in [2.45, 2.75) is 20.8 Å². The highest BCUT2D eigenvalue weighted by molar-refractivity contribution is 7.85. The third kappa shape index (κ3) is 9.01. The van der Waals surface area contributed by atoms with E-state index in [9.17, 15) is 22.8 Å². The van der Waals surface area contributed by atoms with Crippen molar-refractivity contribution in [1.29, 1.82) is 0 Å². The molecule has 9 nitrogen and oxygen atoms in total. The second-order valence-corrected chi connectivity index (χ2v) is 7.27. The molecule has 1 N–H and O–H groups in total. The lowest BCUT2D eigenvalue weighted by molar-refractivity contribution is -0.167. The molecule has 0 rings (SSSR count). The van der Waals surface area contributed by atoms with E-state index in [0.717, 1.165) is 0 Å². The zero-order chi connectivity index (χ0) is 19.8. The lowest BCUT2D eigenvalue weighted by Crippen LogP contribution is -2.41. The van der Waals surface area contributed by atoms with Gasteiger partial charge < -0.3 is 14.2 Å². The van der Waals surface area contributed by atoms with Crippen LogP contribution in [0.3, 0.4) is 0 Å². The van der Waals surface area contributed by atoms with Crippen LogP contribution in [0, 0.1) is 5.41 Å². The van der Waals surface area contributed by atoms with Crippen LogP contribution in [-0.4, -0.2) is 56.5 Å². The minimum absolute atomic E-state index is 0.0982. The lowest BCUT2D eigenvalue weighted by atomic mass is 9.93. The molecular formula is C15H22O9S. The van der Waals surface area contributed by atoms with Crippen molar-refractivity contribution < 1.29 is 41.6 Å². The van der Waals surface area contributed by atoms with Crippen LogP contribution in [-0.2, 0) is 38.7 Å². The Bertz CT molecular complexity index is 630. The summed E-state index contributed by atoms with van der Waals surface area (Å²) in [5.74, 6) is -3.29. The van der Waals surface area contributed by atoms with E-state index in [0.29, 0.717) is 0 Å². The van der Waals surface area contributed by atoms with E-state index >= 15 is 0 Å². The van der Waals surface area contributed by atoms with Gasteiger partial charge in [-0.1, -0.05) is 13.2 Å². The fraction of sp³-hybridized carbons (Fsp3) is 0.533. The predicted molar refractivity (Wildman–Crippen MR) is 87.0 cm³/mol. The third-order valence-corrected chi connectivity index (χ3v) is 3.49. The summed E-state index contributed by atoms with van der Waals surface area (Å²) in [7, 11) is -4.31. The van der Waals surface area contributed by atoms with Gasteiger partial charge >= 0.3 is 17.9 Å². The van der Waals surface area contributed by atoms with Gasteiger partial charge in [0, 0.05) is 11.1 Å². The van der Waals surface area contributed by atoms with Gasteiger partial charge in [-0.25, -0.2) is 9.59 Å². The highest BCUT2D eigenvalue weighted by Gasteiger charge is 2.39. The van der Waals surface area contributed by atoms with E-state index in [1.165, 1.54) is 20.8 Å². The number of ether oxygens (including phenoxy) is 3. The average Bonchev–Trinajstić information content (AvgIpc) is 2.48. The number of carbonyl (C=O) groups excluding carboxylic acids is 3. The largest absolute Gasteiger partial charge is 0.464 e. The molecule has 0 aliphatic heterocycles. The van der Waals surface area contributed by atoms with Crippen molar-refractivity contribution >= 4 is 28.0 Å². The Morgan fingerprint density at radius 1 is 0.960 bits per heavy atom. The normalized spacial score (nSPS) is 11.4. The van der Waals surface area contributed by atoms with Gasteiger partial charge in [0.1, 0.15) is 31.0 Å². The Hall–Kier alpha value is -2.20. The first-order valence-electron chi connectivity index (χ1n) is 7.06. The number of hydrogen-bond donors (Lipinski definition) is 1. The maximum atomic E-state index is 12.2. The van der Waals surface area contributed by atoms with Crippen molar-refractivity contribution in [2.24, 2.45) is 5.41 Å². The molecule has 0 atom stereocenters.